The average Bonchev–Trinajstić information content (AvgIpc) is 3.14. The Hall–Kier alpha value is -0.790. The van der Waals surface area contributed by atoms with Crippen LogP contribution in [-0.2, 0) is 9.53 Å². The summed E-state index contributed by atoms with van der Waals surface area (Å²) in [7, 11) is 0. The first-order valence-corrected chi connectivity index (χ1v) is 25.5. The molecule has 5 rings (SSSR count). The molecule has 0 spiro atoms. The second-order valence-corrected chi connectivity index (χ2v) is 23.5. The Labute approximate surface area is 350 Å². The molecule has 8 atom stereocenters. The third-order valence-electron chi connectivity index (χ3n) is 18.8. The van der Waals surface area contributed by atoms with Gasteiger partial charge in [-0.25, -0.2) is 0 Å². The van der Waals surface area contributed by atoms with Crippen molar-refractivity contribution in [3.8, 4) is 0 Å². The molecule has 0 aromatic heterocycles. The van der Waals surface area contributed by atoms with E-state index in [1.165, 1.54) is 186 Å². The van der Waals surface area contributed by atoms with Gasteiger partial charge >= 0.3 is 5.97 Å². The average molecular weight is 777 g/mol. The van der Waals surface area contributed by atoms with Gasteiger partial charge < -0.3 is 4.74 Å². The van der Waals surface area contributed by atoms with Gasteiger partial charge in [-0.15, -0.1) is 0 Å². The number of rotatable bonds is 23. The Balaban J connectivity index is 0.954. The lowest BCUT2D eigenvalue weighted by Crippen LogP contribution is -2.64. The van der Waals surface area contributed by atoms with Crippen LogP contribution in [0, 0.1) is 50.2 Å². The highest BCUT2D eigenvalue weighted by Crippen LogP contribution is 2.75. The molecular weight excluding hydrogens is 681 g/mol. The van der Waals surface area contributed by atoms with E-state index in [9.17, 15) is 4.79 Å². The molecule has 0 heterocycles. The molecule has 0 unspecified atom stereocenters. The number of unbranched alkanes of at least 4 members (excludes halogenated alkanes) is 20. The van der Waals surface area contributed by atoms with Crippen LogP contribution in [0.3, 0.4) is 0 Å². The largest absolute Gasteiger partial charge is 0.462 e. The summed E-state index contributed by atoms with van der Waals surface area (Å²) >= 11 is 0. The number of esters is 1. The van der Waals surface area contributed by atoms with Crippen molar-refractivity contribution in [3.05, 3.63) is 11.6 Å². The topological polar surface area (TPSA) is 26.3 Å². The van der Waals surface area contributed by atoms with Crippen LogP contribution in [0.15, 0.2) is 11.6 Å². The molecule has 2 heteroatoms. The van der Waals surface area contributed by atoms with Crippen LogP contribution in [0.1, 0.15) is 268 Å². The number of hydrogen-bond donors (Lipinski definition) is 0. The van der Waals surface area contributed by atoms with E-state index < -0.39 is 0 Å². The highest BCUT2D eigenvalue weighted by Gasteiger charge is 2.68. The number of carbonyl (C=O) groups excluding carboxylic acids is 1. The van der Waals surface area contributed by atoms with Crippen molar-refractivity contribution >= 4 is 5.97 Å². The number of hydrogen-bond acceptors (Lipinski definition) is 2. The summed E-state index contributed by atoms with van der Waals surface area (Å²) in [6, 6.07) is 0. The van der Waals surface area contributed by atoms with Gasteiger partial charge in [0, 0.05) is 11.8 Å². The fraction of sp³-hybridized carbons (Fsp3) is 0.944. The van der Waals surface area contributed by atoms with Crippen molar-refractivity contribution < 1.29 is 9.53 Å². The van der Waals surface area contributed by atoms with Crippen LogP contribution < -0.4 is 0 Å². The first kappa shape index (κ1) is 46.3. The Morgan fingerprint density at radius 3 is 1.62 bits per heavy atom. The molecule has 0 aromatic carbocycles. The highest BCUT2D eigenvalue weighted by molar-refractivity contribution is 5.69. The Morgan fingerprint density at radius 1 is 0.589 bits per heavy atom. The molecule has 4 saturated carbocycles. The first-order chi connectivity index (χ1) is 26.6. The molecule has 324 valence electrons. The van der Waals surface area contributed by atoms with Gasteiger partial charge in [0.25, 0.3) is 0 Å². The first-order valence-electron chi connectivity index (χ1n) is 25.5. The smallest absolute Gasteiger partial charge is 0.306 e. The Bertz CT molecular complexity index is 1240. The number of fused-ring (bicyclic) bond motifs is 7. The van der Waals surface area contributed by atoms with Crippen LogP contribution in [0.2, 0.25) is 0 Å². The maximum atomic E-state index is 13.3. The van der Waals surface area contributed by atoms with Crippen LogP contribution in [0.4, 0.5) is 0 Å². The molecule has 5 aliphatic carbocycles. The van der Waals surface area contributed by atoms with E-state index in [0.29, 0.717) is 39.4 Å². The lowest BCUT2D eigenvalue weighted by molar-refractivity contribution is -0.212. The van der Waals surface area contributed by atoms with Crippen LogP contribution >= 0.6 is 0 Å². The molecule has 0 saturated heterocycles. The summed E-state index contributed by atoms with van der Waals surface area (Å²) in [5.41, 5.74) is 3.86. The molecule has 4 fully saturated rings. The van der Waals surface area contributed by atoms with Gasteiger partial charge in [0.1, 0.15) is 6.10 Å². The number of allylic oxidation sites excluding steroid dienone is 2. The standard InChI is InChI=1S/C54H96O2/c1-10-11-12-13-14-15-16-17-18-19-20-21-22-23-24-25-26-27-28-29-30-31-48(55)56-47-35-36-52(7)45(50(47,4)5)34-37-54(9)46(52)33-32-43-44-42-49(2,3)38-39-51(44,6)40-41-53(43,54)8/h32,44-47H,10-31,33-42H2,1-9H3/t44-,45+,46-,47+,51-,52+,53-,54-/m1/s1. The molecule has 2 nitrogen and oxygen atoms in total. The minimum atomic E-state index is 0.0281. The van der Waals surface area contributed by atoms with Gasteiger partial charge in [-0.3, -0.25) is 4.79 Å². The van der Waals surface area contributed by atoms with Crippen molar-refractivity contribution in [2.45, 2.75) is 274 Å². The van der Waals surface area contributed by atoms with Crippen LogP contribution in [0.5, 0.6) is 0 Å². The normalized spacial score (nSPS) is 35.8. The predicted octanol–water partition coefficient (Wildman–Crippen LogP) is 17.3. The zero-order chi connectivity index (χ0) is 40.5. The predicted molar refractivity (Wildman–Crippen MR) is 242 cm³/mol. The Morgan fingerprint density at radius 2 is 1.09 bits per heavy atom. The lowest BCUT2D eigenvalue weighted by Gasteiger charge is -2.71. The molecule has 0 radical (unpaired) electrons. The summed E-state index contributed by atoms with van der Waals surface area (Å²) < 4.78 is 6.45. The summed E-state index contributed by atoms with van der Waals surface area (Å²) in [5, 5.41) is 0. The molecule has 0 aliphatic heterocycles. The molecule has 0 amide bonds. The quantitative estimate of drug-likeness (QED) is 0.0587. The molecule has 5 aliphatic rings. The maximum absolute atomic E-state index is 13.3. The van der Waals surface area contributed by atoms with Gasteiger partial charge in [0.2, 0.25) is 0 Å². The van der Waals surface area contributed by atoms with Gasteiger partial charge in [-0.05, 0) is 115 Å². The van der Waals surface area contributed by atoms with Gasteiger partial charge in [-0.2, -0.15) is 0 Å². The number of ether oxygens (including phenoxy) is 1. The summed E-state index contributed by atoms with van der Waals surface area (Å²) in [4.78, 5) is 13.3. The summed E-state index contributed by atoms with van der Waals surface area (Å²) in [5.74, 6) is 2.18. The zero-order valence-electron chi connectivity index (χ0n) is 39.3. The maximum Gasteiger partial charge on any atom is 0.306 e. The molecule has 0 N–H and O–H groups in total. The minimum absolute atomic E-state index is 0.0281. The van der Waals surface area contributed by atoms with Crippen molar-refractivity contribution in [1.82, 2.24) is 0 Å². The van der Waals surface area contributed by atoms with Gasteiger partial charge in [-0.1, -0.05) is 202 Å². The van der Waals surface area contributed by atoms with Crippen molar-refractivity contribution in [2.75, 3.05) is 0 Å². The van der Waals surface area contributed by atoms with E-state index in [1.54, 1.807) is 0 Å². The molecule has 0 aromatic rings. The lowest BCUT2D eigenvalue weighted by atomic mass is 9.33. The van der Waals surface area contributed by atoms with E-state index in [4.69, 9.17) is 4.74 Å². The summed E-state index contributed by atoms with van der Waals surface area (Å²) in [6.45, 7) is 23.1. The van der Waals surface area contributed by atoms with E-state index >= 15 is 0 Å². The third-order valence-corrected chi connectivity index (χ3v) is 18.8. The fourth-order valence-corrected chi connectivity index (χ4v) is 14.6. The van der Waals surface area contributed by atoms with Crippen molar-refractivity contribution in [1.29, 1.82) is 0 Å². The van der Waals surface area contributed by atoms with Crippen LogP contribution in [-0.4, -0.2) is 12.1 Å². The van der Waals surface area contributed by atoms with E-state index in [0.717, 1.165) is 24.7 Å². The minimum Gasteiger partial charge on any atom is -0.462 e. The second kappa shape index (κ2) is 20.2. The second-order valence-electron chi connectivity index (χ2n) is 23.5. The zero-order valence-corrected chi connectivity index (χ0v) is 39.3. The highest BCUT2D eigenvalue weighted by atomic mass is 16.5. The monoisotopic (exact) mass is 777 g/mol. The fourth-order valence-electron chi connectivity index (χ4n) is 14.6. The molecule has 0 bridgehead atoms. The number of carbonyl (C=O) groups is 1. The molecule has 56 heavy (non-hydrogen) atoms. The van der Waals surface area contributed by atoms with Crippen LogP contribution in [0.25, 0.3) is 0 Å². The summed E-state index contributed by atoms with van der Waals surface area (Å²) in [6.07, 6.45) is 45.8. The van der Waals surface area contributed by atoms with Gasteiger partial charge in [0.15, 0.2) is 0 Å². The van der Waals surface area contributed by atoms with E-state index in [2.05, 4.69) is 68.4 Å². The Kier molecular flexibility index (Phi) is 16.7. The van der Waals surface area contributed by atoms with E-state index in [1.807, 2.05) is 5.57 Å². The van der Waals surface area contributed by atoms with Gasteiger partial charge in [0.05, 0.1) is 0 Å². The third kappa shape index (κ3) is 10.6. The van der Waals surface area contributed by atoms with E-state index in [-0.39, 0.29) is 17.5 Å². The van der Waals surface area contributed by atoms with Crippen molar-refractivity contribution in [2.24, 2.45) is 50.2 Å². The SMILES string of the molecule is CCCCCCCCCCCCCCCCCCCCCCCC(=O)O[C@H]1CC[C@]2(C)[C@H]3CC=C4[C@H]5CC(C)(C)CC[C@]5(C)CC[C@@]4(C)[C@]3(C)CC[C@H]2C1(C)C. The molecular formula is C54H96O2. The van der Waals surface area contributed by atoms with Crippen molar-refractivity contribution in [3.63, 3.8) is 0 Å².